The highest BCUT2D eigenvalue weighted by Crippen LogP contribution is 2.20. The van der Waals surface area contributed by atoms with E-state index < -0.39 is 0 Å². The van der Waals surface area contributed by atoms with Gasteiger partial charge in [0, 0.05) is 37.7 Å². The van der Waals surface area contributed by atoms with Gasteiger partial charge in [0.25, 0.3) is 5.91 Å². The molecule has 1 aliphatic rings. The van der Waals surface area contributed by atoms with Crippen molar-refractivity contribution in [3.05, 3.63) is 53.1 Å². The molecule has 1 aliphatic heterocycles. The number of amides is 1. The molecule has 0 radical (unpaired) electrons. The standard InChI is InChI=1S/C19H25N3O2/c1-14-12-18(15(2)21(14)3)19(23)22-10-7-17(8-11-22)24-13-16-6-4-5-9-20-16/h4-6,9,12,17H,7-8,10-11,13H2,1-3H3. The zero-order valence-corrected chi connectivity index (χ0v) is 14.7. The maximum absolute atomic E-state index is 12.7. The molecule has 24 heavy (non-hydrogen) atoms. The van der Waals surface area contributed by atoms with Crippen LogP contribution < -0.4 is 0 Å². The zero-order chi connectivity index (χ0) is 17.1. The Labute approximate surface area is 143 Å². The van der Waals surface area contributed by atoms with Gasteiger partial charge in [0.05, 0.1) is 24.0 Å². The third-order valence-electron chi connectivity index (χ3n) is 4.93. The largest absolute Gasteiger partial charge is 0.372 e. The molecule has 1 fully saturated rings. The van der Waals surface area contributed by atoms with E-state index in [4.69, 9.17) is 4.74 Å². The Morgan fingerprint density at radius 3 is 2.62 bits per heavy atom. The summed E-state index contributed by atoms with van der Waals surface area (Å²) < 4.78 is 8.01. The number of piperidine rings is 1. The van der Waals surface area contributed by atoms with Gasteiger partial charge in [-0.3, -0.25) is 9.78 Å². The Kier molecular flexibility index (Phi) is 5.00. The lowest BCUT2D eigenvalue weighted by Crippen LogP contribution is -2.41. The smallest absolute Gasteiger partial charge is 0.255 e. The number of rotatable bonds is 4. The van der Waals surface area contributed by atoms with Crippen molar-refractivity contribution in [3.8, 4) is 0 Å². The maximum Gasteiger partial charge on any atom is 0.255 e. The molecule has 128 valence electrons. The highest BCUT2D eigenvalue weighted by Gasteiger charge is 2.26. The van der Waals surface area contributed by atoms with Gasteiger partial charge in [-0.15, -0.1) is 0 Å². The minimum Gasteiger partial charge on any atom is -0.372 e. The summed E-state index contributed by atoms with van der Waals surface area (Å²) in [5, 5.41) is 0. The molecule has 3 heterocycles. The van der Waals surface area contributed by atoms with Gasteiger partial charge in [-0.2, -0.15) is 0 Å². The molecular formula is C19H25N3O2. The molecule has 5 nitrogen and oxygen atoms in total. The summed E-state index contributed by atoms with van der Waals surface area (Å²) >= 11 is 0. The van der Waals surface area contributed by atoms with E-state index in [2.05, 4.69) is 9.55 Å². The van der Waals surface area contributed by atoms with Crippen molar-refractivity contribution >= 4 is 5.91 Å². The monoisotopic (exact) mass is 327 g/mol. The first kappa shape index (κ1) is 16.7. The number of carbonyl (C=O) groups is 1. The van der Waals surface area contributed by atoms with Crippen LogP contribution in [-0.2, 0) is 18.4 Å². The van der Waals surface area contributed by atoms with Crippen LogP contribution in [0.2, 0.25) is 0 Å². The van der Waals surface area contributed by atoms with E-state index in [-0.39, 0.29) is 12.0 Å². The number of hydrogen-bond acceptors (Lipinski definition) is 3. The summed E-state index contributed by atoms with van der Waals surface area (Å²) in [6.45, 7) is 6.07. The molecule has 2 aromatic heterocycles. The number of carbonyl (C=O) groups excluding carboxylic acids is 1. The third-order valence-corrected chi connectivity index (χ3v) is 4.93. The highest BCUT2D eigenvalue weighted by molar-refractivity contribution is 5.95. The normalized spacial score (nSPS) is 15.7. The average molecular weight is 327 g/mol. The predicted molar refractivity (Wildman–Crippen MR) is 92.8 cm³/mol. The molecule has 0 atom stereocenters. The number of hydrogen-bond donors (Lipinski definition) is 0. The predicted octanol–water partition coefficient (Wildman–Crippen LogP) is 2.86. The molecule has 1 saturated heterocycles. The molecule has 5 heteroatoms. The summed E-state index contributed by atoms with van der Waals surface area (Å²) in [5.74, 6) is 0.138. The highest BCUT2D eigenvalue weighted by atomic mass is 16.5. The van der Waals surface area contributed by atoms with Crippen LogP contribution in [0.4, 0.5) is 0 Å². The van der Waals surface area contributed by atoms with E-state index in [1.165, 1.54) is 0 Å². The van der Waals surface area contributed by atoms with Gasteiger partial charge < -0.3 is 14.2 Å². The topological polar surface area (TPSA) is 47.4 Å². The number of nitrogens with zero attached hydrogens (tertiary/aromatic N) is 3. The quantitative estimate of drug-likeness (QED) is 0.867. The summed E-state index contributed by atoms with van der Waals surface area (Å²) in [4.78, 5) is 19.0. The maximum atomic E-state index is 12.7. The second kappa shape index (κ2) is 7.18. The van der Waals surface area contributed by atoms with Crippen LogP contribution in [0.25, 0.3) is 0 Å². The Bertz CT molecular complexity index is 701. The number of aromatic nitrogens is 2. The van der Waals surface area contributed by atoms with Crippen LogP contribution >= 0.6 is 0 Å². The number of pyridine rings is 1. The van der Waals surface area contributed by atoms with E-state index in [0.29, 0.717) is 6.61 Å². The minimum atomic E-state index is 0.138. The Balaban J connectivity index is 1.53. The van der Waals surface area contributed by atoms with Crippen LogP contribution in [0, 0.1) is 13.8 Å². The molecule has 0 bridgehead atoms. The lowest BCUT2D eigenvalue weighted by molar-refractivity contribution is -0.00162. The van der Waals surface area contributed by atoms with Crippen molar-refractivity contribution in [3.63, 3.8) is 0 Å². The first-order valence-electron chi connectivity index (χ1n) is 8.50. The van der Waals surface area contributed by atoms with Gasteiger partial charge in [-0.05, 0) is 44.9 Å². The van der Waals surface area contributed by atoms with Gasteiger partial charge in [-0.25, -0.2) is 0 Å². The van der Waals surface area contributed by atoms with Crippen molar-refractivity contribution in [1.29, 1.82) is 0 Å². The number of ether oxygens (including phenoxy) is 1. The molecule has 0 unspecified atom stereocenters. The van der Waals surface area contributed by atoms with Crippen LogP contribution in [-0.4, -0.2) is 39.6 Å². The van der Waals surface area contributed by atoms with Crippen molar-refractivity contribution in [2.24, 2.45) is 7.05 Å². The molecular weight excluding hydrogens is 302 g/mol. The Morgan fingerprint density at radius 1 is 1.29 bits per heavy atom. The average Bonchev–Trinajstić information content (AvgIpc) is 2.88. The van der Waals surface area contributed by atoms with Gasteiger partial charge in [0.15, 0.2) is 0 Å². The fourth-order valence-electron chi connectivity index (χ4n) is 3.15. The van der Waals surface area contributed by atoms with Gasteiger partial charge >= 0.3 is 0 Å². The summed E-state index contributed by atoms with van der Waals surface area (Å²) in [5.41, 5.74) is 3.92. The Hall–Kier alpha value is -2.14. The first-order chi connectivity index (χ1) is 11.6. The number of likely N-dealkylation sites (tertiary alicyclic amines) is 1. The first-order valence-corrected chi connectivity index (χ1v) is 8.50. The lowest BCUT2D eigenvalue weighted by Gasteiger charge is -2.32. The summed E-state index contributed by atoms with van der Waals surface area (Å²) in [6, 6.07) is 7.83. The molecule has 1 amide bonds. The zero-order valence-electron chi connectivity index (χ0n) is 14.7. The van der Waals surface area contributed by atoms with E-state index in [9.17, 15) is 4.79 Å². The van der Waals surface area contributed by atoms with Gasteiger partial charge in [0.1, 0.15) is 0 Å². The molecule has 0 aliphatic carbocycles. The lowest BCUT2D eigenvalue weighted by atomic mass is 10.1. The van der Waals surface area contributed by atoms with Crippen LogP contribution in [0.15, 0.2) is 30.5 Å². The van der Waals surface area contributed by atoms with Crippen LogP contribution in [0.5, 0.6) is 0 Å². The molecule has 0 aromatic carbocycles. The fourth-order valence-corrected chi connectivity index (χ4v) is 3.15. The molecule has 0 saturated carbocycles. The Morgan fingerprint density at radius 2 is 2.04 bits per heavy atom. The van der Waals surface area contributed by atoms with E-state index in [1.54, 1.807) is 6.20 Å². The SMILES string of the molecule is Cc1cc(C(=O)N2CCC(OCc3ccccn3)CC2)c(C)n1C. The van der Waals surface area contributed by atoms with Crippen LogP contribution in [0.3, 0.4) is 0 Å². The fraction of sp³-hybridized carbons (Fsp3) is 0.474. The van der Waals surface area contributed by atoms with E-state index in [0.717, 1.165) is 48.6 Å². The van der Waals surface area contributed by atoms with Gasteiger partial charge in [-0.1, -0.05) is 6.07 Å². The molecule has 0 spiro atoms. The second-order valence-corrected chi connectivity index (χ2v) is 6.47. The summed E-state index contributed by atoms with van der Waals surface area (Å²) in [6.07, 6.45) is 3.74. The summed E-state index contributed by atoms with van der Waals surface area (Å²) in [7, 11) is 2.00. The minimum absolute atomic E-state index is 0.138. The van der Waals surface area contributed by atoms with Crippen molar-refractivity contribution in [2.45, 2.75) is 39.4 Å². The third kappa shape index (κ3) is 3.51. The van der Waals surface area contributed by atoms with Crippen LogP contribution in [0.1, 0.15) is 40.3 Å². The number of aryl methyl sites for hydroxylation is 1. The van der Waals surface area contributed by atoms with Crippen molar-refractivity contribution < 1.29 is 9.53 Å². The van der Waals surface area contributed by atoms with Crippen molar-refractivity contribution in [2.75, 3.05) is 13.1 Å². The molecule has 0 N–H and O–H groups in total. The molecule has 2 aromatic rings. The van der Waals surface area contributed by atoms with E-state index >= 15 is 0 Å². The molecule has 3 rings (SSSR count). The van der Waals surface area contributed by atoms with E-state index in [1.807, 2.05) is 50.1 Å². The second-order valence-electron chi connectivity index (χ2n) is 6.47. The van der Waals surface area contributed by atoms with Crippen molar-refractivity contribution in [1.82, 2.24) is 14.5 Å². The van der Waals surface area contributed by atoms with Gasteiger partial charge in [0.2, 0.25) is 0 Å².